The normalized spacial score (nSPS) is 12.7. The quantitative estimate of drug-likeness (QED) is 0.182. The van der Waals surface area contributed by atoms with Crippen LogP contribution in [-0.4, -0.2) is 43.3 Å². The fourth-order valence-electron chi connectivity index (χ4n) is 4.88. The number of halogens is 4. The van der Waals surface area contributed by atoms with Crippen molar-refractivity contribution in [1.29, 1.82) is 0 Å². The summed E-state index contributed by atoms with van der Waals surface area (Å²) >= 11 is 6.10. The van der Waals surface area contributed by atoms with Gasteiger partial charge in [0, 0.05) is 23.5 Å². The number of anilines is 1. The van der Waals surface area contributed by atoms with Crippen molar-refractivity contribution in [3.63, 3.8) is 0 Å². The summed E-state index contributed by atoms with van der Waals surface area (Å²) in [6.45, 7) is 4.36. The highest BCUT2D eigenvalue weighted by Crippen LogP contribution is 2.33. The van der Waals surface area contributed by atoms with E-state index in [9.17, 15) is 31.2 Å². The zero-order valence-corrected chi connectivity index (χ0v) is 27.6. The van der Waals surface area contributed by atoms with Crippen molar-refractivity contribution < 1.29 is 31.2 Å². The van der Waals surface area contributed by atoms with Crippen molar-refractivity contribution in [2.45, 2.75) is 56.4 Å². The maximum absolute atomic E-state index is 14.5. The molecule has 4 rings (SSSR count). The van der Waals surface area contributed by atoms with E-state index in [4.69, 9.17) is 11.6 Å². The number of nitrogens with one attached hydrogen (secondary N) is 1. The van der Waals surface area contributed by atoms with Gasteiger partial charge in [0.05, 0.1) is 16.1 Å². The predicted octanol–water partition coefficient (Wildman–Crippen LogP) is 7.11. The molecular weight excluding hydrogens is 651 g/mol. The third-order valence-electron chi connectivity index (χ3n) is 7.11. The molecule has 0 bridgehead atoms. The number of benzene rings is 4. The molecule has 1 atom stereocenters. The molecule has 1 N–H and O–H groups in total. The smallest absolute Gasteiger partial charge is 0.350 e. The molecule has 4 aromatic carbocycles. The van der Waals surface area contributed by atoms with Crippen LogP contribution < -0.4 is 9.62 Å². The Morgan fingerprint density at radius 2 is 1.40 bits per heavy atom. The molecule has 0 aliphatic rings. The zero-order valence-electron chi connectivity index (χ0n) is 26.0. The van der Waals surface area contributed by atoms with E-state index >= 15 is 0 Å². The second-order valence-electron chi connectivity index (χ2n) is 12.0. The molecule has 0 saturated carbocycles. The van der Waals surface area contributed by atoms with Gasteiger partial charge in [0.25, 0.3) is 10.0 Å². The summed E-state index contributed by atoms with van der Waals surface area (Å²) in [6.07, 6.45) is -4.69. The van der Waals surface area contributed by atoms with Gasteiger partial charge in [-0.15, -0.1) is 0 Å². The summed E-state index contributed by atoms with van der Waals surface area (Å²) in [7, 11) is -4.56. The Hall–Kier alpha value is -4.35. The van der Waals surface area contributed by atoms with Gasteiger partial charge in [0.1, 0.15) is 12.6 Å². The number of alkyl halides is 3. The van der Waals surface area contributed by atoms with Crippen LogP contribution in [0.4, 0.5) is 18.9 Å². The number of nitrogens with zero attached hydrogens (tertiary/aromatic N) is 2. The van der Waals surface area contributed by atoms with Gasteiger partial charge in [-0.25, -0.2) is 8.42 Å². The molecular formula is C35H35ClF3N3O4S. The average Bonchev–Trinajstić information content (AvgIpc) is 3.02. The third kappa shape index (κ3) is 9.59. The van der Waals surface area contributed by atoms with Crippen LogP contribution in [0.3, 0.4) is 0 Å². The van der Waals surface area contributed by atoms with Crippen molar-refractivity contribution in [2.75, 3.05) is 10.8 Å². The van der Waals surface area contributed by atoms with Crippen molar-refractivity contribution in [3.8, 4) is 0 Å². The molecule has 7 nitrogen and oxygen atoms in total. The van der Waals surface area contributed by atoms with E-state index in [1.165, 1.54) is 35.2 Å². The maximum Gasteiger partial charge on any atom is 0.416 e. The van der Waals surface area contributed by atoms with Gasteiger partial charge < -0.3 is 10.2 Å². The Labute approximate surface area is 278 Å². The van der Waals surface area contributed by atoms with Crippen LogP contribution in [0, 0.1) is 0 Å². The molecule has 248 valence electrons. The van der Waals surface area contributed by atoms with Crippen LogP contribution in [0.1, 0.15) is 37.5 Å². The van der Waals surface area contributed by atoms with Crippen LogP contribution in [0.2, 0.25) is 5.02 Å². The first-order valence-corrected chi connectivity index (χ1v) is 16.5. The van der Waals surface area contributed by atoms with Gasteiger partial charge in [-0.3, -0.25) is 13.9 Å². The minimum absolute atomic E-state index is 0.0804. The van der Waals surface area contributed by atoms with Crippen LogP contribution in [0.15, 0.2) is 114 Å². The Morgan fingerprint density at radius 3 is 1.98 bits per heavy atom. The van der Waals surface area contributed by atoms with Gasteiger partial charge in [0.2, 0.25) is 11.8 Å². The lowest BCUT2D eigenvalue weighted by Gasteiger charge is -2.35. The van der Waals surface area contributed by atoms with E-state index in [0.717, 1.165) is 17.7 Å². The second-order valence-corrected chi connectivity index (χ2v) is 14.3. The SMILES string of the molecule is CC(C)(C)NC(=O)C(Cc1ccccc1)N(Cc1ccc(Cl)cc1)C(=O)CN(c1cccc(C(F)(F)F)c1)S(=O)(=O)c1ccccc1. The standard InChI is InChI=1S/C35H35ClF3N3O4S/c1-34(2,3)40-33(44)31(21-25-11-6-4-7-12-25)41(23-26-17-19-28(36)20-18-26)32(43)24-42(47(45,46)30-15-8-5-9-16-30)29-14-10-13-27(22-29)35(37,38)39/h4-20,22,31H,21,23-24H2,1-3H3,(H,40,44). The van der Waals surface area contributed by atoms with Gasteiger partial charge in [-0.2, -0.15) is 13.2 Å². The number of rotatable bonds is 11. The lowest BCUT2D eigenvalue weighted by atomic mass is 10.0. The molecule has 2 amide bonds. The minimum Gasteiger partial charge on any atom is -0.350 e. The number of carbonyl (C=O) groups is 2. The molecule has 0 fully saturated rings. The molecule has 0 aliphatic heterocycles. The van der Waals surface area contributed by atoms with E-state index in [1.807, 2.05) is 6.07 Å². The molecule has 0 saturated heterocycles. The number of hydrogen-bond donors (Lipinski definition) is 1. The molecule has 1 unspecified atom stereocenters. The Balaban J connectivity index is 1.85. The van der Waals surface area contributed by atoms with E-state index in [-0.39, 0.29) is 23.5 Å². The number of hydrogen-bond acceptors (Lipinski definition) is 4. The molecule has 12 heteroatoms. The Morgan fingerprint density at radius 1 is 0.809 bits per heavy atom. The molecule has 0 aromatic heterocycles. The summed E-state index contributed by atoms with van der Waals surface area (Å²) in [6, 6.07) is 25.4. The summed E-state index contributed by atoms with van der Waals surface area (Å²) in [5, 5.41) is 3.37. The largest absolute Gasteiger partial charge is 0.416 e. The van der Waals surface area contributed by atoms with Crippen LogP contribution in [0.5, 0.6) is 0 Å². The second kappa shape index (κ2) is 14.6. The predicted molar refractivity (Wildman–Crippen MR) is 176 cm³/mol. The van der Waals surface area contributed by atoms with E-state index in [0.29, 0.717) is 21.0 Å². The lowest BCUT2D eigenvalue weighted by molar-refractivity contribution is -0.140. The molecule has 47 heavy (non-hydrogen) atoms. The highest BCUT2D eigenvalue weighted by molar-refractivity contribution is 7.92. The van der Waals surface area contributed by atoms with Crippen molar-refractivity contribution in [2.24, 2.45) is 0 Å². The van der Waals surface area contributed by atoms with Crippen molar-refractivity contribution in [1.82, 2.24) is 10.2 Å². The van der Waals surface area contributed by atoms with Crippen molar-refractivity contribution >= 4 is 39.1 Å². The summed E-state index contributed by atoms with van der Waals surface area (Å²) in [5.74, 6) is -1.29. The molecule has 0 aliphatic carbocycles. The van der Waals surface area contributed by atoms with Gasteiger partial charge in [-0.05, 0) is 74.4 Å². The first-order chi connectivity index (χ1) is 22.0. The Bertz CT molecular complexity index is 1780. The summed E-state index contributed by atoms with van der Waals surface area (Å²) in [5.41, 5.74) is -0.785. The van der Waals surface area contributed by atoms with E-state index in [1.54, 1.807) is 75.4 Å². The van der Waals surface area contributed by atoms with Crippen LogP contribution in [0.25, 0.3) is 0 Å². The summed E-state index contributed by atoms with van der Waals surface area (Å²) < 4.78 is 69.9. The van der Waals surface area contributed by atoms with E-state index in [2.05, 4.69) is 5.32 Å². The Kier molecular flexibility index (Phi) is 11.0. The lowest BCUT2D eigenvalue weighted by Crippen LogP contribution is -2.56. The number of carbonyl (C=O) groups excluding carboxylic acids is 2. The fourth-order valence-corrected chi connectivity index (χ4v) is 6.43. The average molecular weight is 686 g/mol. The highest BCUT2D eigenvalue weighted by atomic mass is 35.5. The first-order valence-electron chi connectivity index (χ1n) is 14.7. The molecule has 0 spiro atoms. The maximum atomic E-state index is 14.5. The van der Waals surface area contributed by atoms with Crippen LogP contribution in [-0.2, 0) is 38.8 Å². The molecule has 0 radical (unpaired) electrons. The monoisotopic (exact) mass is 685 g/mol. The van der Waals surface area contributed by atoms with E-state index < -0.39 is 51.7 Å². The van der Waals surface area contributed by atoms with Gasteiger partial charge >= 0.3 is 6.18 Å². The van der Waals surface area contributed by atoms with Crippen LogP contribution >= 0.6 is 11.6 Å². The highest BCUT2D eigenvalue weighted by Gasteiger charge is 2.37. The van der Waals surface area contributed by atoms with Gasteiger partial charge in [-0.1, -0.05) is 78.3 Å². The summed E-state index contributed by atoms with van der Waals surface area (Å²) in [4.78, 5) is 29.4. The van der Waals surface area contributed by atoms with Crippen molar-refractivity contribution in [3.05, 3.63) is 131 Å². The third-order valence-corrected chi connectivity index (χ3v) is 9.15. The van der Waals surface area contributed by atoms with Gasteiger partial charge in [0.15, 0.2) is 0 Å². The zero-order chi connectivity index (χ0) is 34.4. The minimum atomic E-state index is -4.77. The molecule has 0 heterocycles. The fraction of sp³-hybridized carbons (Fsp3) is 0.257. The first kappa shape index (κ1) is 35.5. The molecule has 4 aromatic rings. The number of sulfonamides is 1. The number of amides is 2. The topological polar surface area (TPSA) is 86.8 Å².